The Bertz CT molecular complexity index is 530. The van der Waals surface area contributed by atoms with Crippen LogP contribution < -0.4 is 20.7 Å². The summed E-state index contributed by atoms with van der Waals surface area (Å²) in [6, 6.07) is 5.04. The van der Waals surface area contributed by atoms with E-state index >= 15 is 0 Å². The fraction of sp³-hybridized carbons (Fsp3) is 0.429. The minimum Gasteiger partial charge on any atom is -0.479 e. The number of benzene rings is 1. The molecular weight excluding hydrogens is 258 g/mol. The van der Waals surface area contributed by atoms with Crippen LogP contribution in [0, 0.1) is 0 Å². The van der Waals surface area contributed by atoms with Crippen LogP contribution in [-0.4, -0.2) is 31.0 Å². The van der Waals surface area contributed by atoms with Gasteiger partial charge in [0.15, 0.2) is 6.10 Å². The average Bonchev–Trinajstić information content (AvgIpc) is 2.41. The first-order valence-electron chi connectivity index (χ1n) is 6.67. The summed E-state index contributed by atoms with van der Waals surface area (Å²) >= 11 is 0. The zero-order valence-electron chi connectivity index (χ0n) is 11.7. The van der Waals surface area contributed by atoms with Crippen molar-refractivity contribution >= 4 is 23.2 Å². The first kappa shape index (κ1) is 14.2. The quantitative estimate of drug-likeness (QED) is 0.801. The van der Waals surface area contributed by atoms with E-state index in [0.717, 1.165) is 6.42 Å². The van der Waals surface area contributed by atoms with Gasteiger partial charge in [-0.05, 0) is 25.5 Å². The highest BCUT2D eigenvalue weighted by Gasteiger charge is 2.32. The highest BCUT2D eigenvalue weighted by molar-refractivity contribution is 6.03. The second-order valence-corrected chi connectivity index (χ2v) is 4.76. The number of nitrogens with zero attached hydrogens (tertiary/aromatic N) is 1. The van der Waals surface area contributed by atoms with Gasteiger partial charge < -0.3 is 15.8 Å². The zero-order valence-corrected chi connectivity index (χ0v) is 11.7. The molecule has 1 aromatic rings. The highest BCUT2D eigenvalue weighted by atomic mass is 16.5. The molecule has 3 N–H and O–H groups in total. The van der Waals surface area contributed by atoms with Gasteiger partial charge in [-0.2, -0.15) is 0 Å². The summed E-state index contributed by atoms with van der Waals surface area (Å²) in [5.41, 5.74) is 6.85. The lowest BCUT2D eigenvalue weighted by molar-refractivity contribution is -0.128. The number of ether oxygens (including phenoxy) is 1. The van der Waals surface area contributed by atoms with E-state index < -0.39 is 6.10 Å². The molecule has 108 valence electrons. The Morgan fingerprint density at radius 1 is 1.50 bits per heavy atom. The van der Waals surface area contributed by atoms with Crippen molar-refractivity contribution in [3.63, 3.8) is 0 Å². The van der Waals surface area contributed by atoms with Gasteiger partial charge in [-0.1, -0.05) is 6.92 Å². The molecule has 0 aliphatic carbocycles. The van der Waals surface area contributed by atoms with Crippen LogP contribution in [-0.2, 0) is 9.59 Å². The third-order valence-corrected chi connectivity index (χ3v) is 3.07. The molecule has 20 heavy (non-hydrogen) atoms. The number of amides is 2. The molecule has 0 fully saturated rings. The Morgan fingerprint density at radius 2 is 2.25 bits per heavy atom. The summed E-state index contributed by atoms with van der Waals surface area (Å²) in [6.07, 6.45) is 0.232. The van der Waals surface area contributed by atoms with Crippen molar-refractivity contribution in [1.29, 1.82) is 0 Å². The summed E-state index contributed by atoms with van der Waals surface area (Å²) in [4.78, 5) is 25.4. The molecule has 1 heterocycles. The number of rotatable bonds is 4. The monoisotopic (exact) mass is 277 g/mol. The molecule has 1 aliphatic heterocycles. The van der Waals surface area contributed by atoms with E-state index in [1.165, 1.54) is 4.90 Å². The largest absolute Gasteiger partial charge is 0.479 e. The highest BCUT2D eigenvalue weighted by Crippen LogP contribution is 2.35. The summed E-state index contributed by atoms with van der Waals surface area (Å²) in [5, 5.41) is 2.76. The van der Waals surface area contributed by atoms with E-state index in [1.54, 1.807) is 25.1 Å². The van der Waals surface area contributed by atoms with Crippen molar-refractivity contribution < 1.29 is 14.3 Å². The van der Waals surface area contributed by atoms with Crippen molar-refractivity contribution in [3.05, 3.63) is 18.2 Å². The molecule has 0 radical (unpaired) electrons. The minimum absolute atomic E-state index is 0.0105. The molecule has 1 atom stereocenters. The summed E-state index contributed by atoms with van der Waals surface area (Å²) in [5.74, 6) is 0.117. The van der Waals surface area contributed by atoms with Gasteiger partial charge in [0.2, 0.25) is 5.91 Å². The predicted octanol–water partition coefficient (Wildman–Crippen LogP) is 0.909. The predicted molar refractivity (Wildman–Crippen MR) is 76.6 cm³/mol. The lowest BCUT2D eigenvalue weighted by Crippen LogP contribution is -2.48. The van der Waals surface area contributed by atoms with Crippen LogP contribution in [0.25, 0.3) is 0 Å². The normalized spacial score (nSPS) is 17.4. The number of carbonyl (C=O) groups is 2. The van der Waals surface area contributed by atoms with Gasteiger partial charge in [-0.25, -0.2) is 0 Å². The summed E-state index contributed by atoms with van der Waals surface area (Å²) in [7, 11) is 0. The second kappa shape index (κ2) is 5.81. The molecular formula is C14H19N3O3. The van der Waals surface area contributed by atoms with Gasteiger partial charge in [0.05, 0.1) is 5.69 Å². The van der Waals surface area contributed by atoms with Crippen LogP contribution in [0.1, 0.15) is 20.3 Å². The molecule has 0 saturated heterocycles. The zero-order chi connectivity index (χ0) is 14.7. The second-order valence-electron chi connectivity index (χ2n) is 4.76. The number of carbonyl (C=O) groups excluding carboxylic acids is 2. The van der Waals surface area contributed by atoms with E-state index in [2.05, 4.69) is 5.32 Å². The molecule has 1 unspecified atom stereocenters. The molecule has 6 heteroatoms. The number of fused-ring (bicyclic) bond motifs is 1. The molecule has 2 amide bonds. The third-order valence-electron chi connectivity index (χ3n) is 3.07. The fourth-order valence-electron chi connectivity index (χ4n) is 2.05. The maximum Gasteiger partial charge on any atom is 0.268 e. The smallest absolute Gasteiger partial charge is 0.268 e. The Morgan fingerprint density at radius 3 is 2.95 bits per heavy atom. The van der Waals surface area contributed by atoms with Gasteiger partial charge >= 0.3 is 0 Å². The number of nitrogen functional groups attached to an aromatic ring is 1. The van der Waals surface area contributed by atoms with E-state index in [0.29, 0.717) is 23.7 Å². The first-order chi connectivity index (χ1) is 9.52. The van der Waals surface area contributed by atoms with Gasteiger partial charge in [0.25, 0.3) is 5.91 Å². The Kier molecular flexibility index (Phi) is 4.12. The maximum atomic E-state index is 12.2. The Hall–Kier alpha value is -2.24. The van der Waals surface area contributed by atoms with Crippen LogP contribution >= 0.6 is 0 Å². The Balaban J connectivity index is 2.23. The van der Waals surface area contributed by atoms with Crippen LogP contribution in [0.4, 0.5) is 11.4 Å². The van der Waals surface area contributed by atoms with Crippen molar-refractivity contribution in [1.82, 2.24) is 5.32 Å². The van der Waals surface area contributed by atoms with E-state index in [4.69, 9.17) is 10.5 Å². The number of anilines is 2. The molecule has 0 saturated carbocycles. The van der Waals surface area contributed by atoms with E-state index in [9.17, 15) is 9.59 Å². The fourth-order valence-corrected chi connectivity index (χ4v) is 2.05. The number of nitrogens with two attached hydrogens (primary N) is 1. The van der Waals surface area contributed by atoms with Crippen LogP contribution in [0.2, 0.25) is 0 Å². The lowest BCUT2D eigenvalue weighted by Gasteiger charge is -2.32. The molecule has 0 aromatic heterocycles. The molecule has 1 aliphatic rings. The maximum absolute atomic E-state index is 12.2. The molecule has 2 rings (SSSR count). The molecule has 1 aromatic carbocycles. The standard InChI is InChI=1S/C14H19N3O3/c1-3-6-16-13(18)8-17-11-5-4-10(15)7-12(11)20-9(2)14(17)19/h4-5,7,9H,3,6,8,15H2,1-2H3,(H,16,18). The van der Waals surface area contributed by atoms with Gasteiger partial charge in [0.1, 0.15) is 12.3 Å². The van der Waals surface area contributed by atoms with Crippen LogP contribution in [0.5, 0.6) is 5.75 Å². The minimum atomic E-state index is -0.622. The first-order valence-corrected chi connectivity index (χ1v) is 6.67. The van der Waals surface area contributed by atoms with Gasteiger partial charge in [0, 0.05) is 18.3 Å². The summed E-state index contributed by atoms with van der Waals surface area (Å²) in [6.45, 7) is 4.22. The van der Waals surface area contributed by atoms with Crippen molar-refractivity contribution in [2.45, 2.75) is 26.4 Å². The average molecular weight is 277 g/mol. The third kappa shape index (κ3) is 2.84. The SMILES string of the molecule is CCCNC(=O)CN1C(=O)C(C)Oc2cc(N)ccc21. The number of hydrogen-bond donors (Lipinski definition) is 2. The van der Waals surface area contributed by atoms with Gasteiger partial charge in [-0.15, -0.1) is 0 Å². The lowest BCUT2D eigenvalue weighted by atomic mass is 10.1. The number of hydrogen-bond acceptors (Lipinski definition) is 4. The van der Waals surface area contributed by atoms with Crippen molar-refractivity contribution in [2.24, 2.45) is 0 Å². The van der Waals surface area contributed by atoms with Crippen molar-refractivity contribution in [2.75, 3.05) is 23.7 Å². The Labute approximate surface area is 117 Å². The van der Waals surface area contributed by atoms with Crippen LogP contribution in [0.15, 0.2) is 18.2 Å². The molecule has 0 bridgehead atoms. The van der Waals surface area contributed by atoms with Crippen molar-refractivity contribution in [3.8, 4) is 5.75 Å². The molecule has 0 spiro atoms. The molecule has 6 nitrogen and oxygen atoms in total. The van der Waals surface area contributed by atoms with E-state index in [1.807, 2.05) is 6.92 Å². The van der Waals surface area contributed by atoms with E-state index in [-0.39, 0.29) is 18.4 Å². The number of nitrogens with one attached hydrogen (secondary N) is 1. The van der Waals surface area contributed by atoms with Gasteiger partial charge in [-0.3, -0.25) is 14.5 Å². The van der Waals surface area contributed by atoms with Crippen LogP contribution in [0.3, 0.4) is 0 Å². The summed E-state index contributed by atoms with van der Waals surface area (Å²) < 4.78 is 5.51. The topological polar surface area (TPSA) is 84.7 Å².